The van der Waals surface area contributed by atoms with Crippen molar-refractivity contribution in [3.8, 4) is 0 Å². The number of rotatable bonds is 5. The Bertz CT molecular complexity index is 941. The largest absolute Gasteiger partial charge is 0.370 e. The normalized spacial score (nSPS) is 18.8. The van der Waals surface area contributed by atoms with Crippen LogP contribution in [0.4, 0.5) is 11.6 Å². The number of H-pyrrole nitrogens is 1. The van der Waals surface area contributed by atoms with E-state index in [2.05, 4.69) is 55.6 Å². The lowest BCUT2D eigenvalue weighted by molar-refractivity contribution is -0.169. The molecular weight excluding hydrogens is 354 g/mol. The van der Waals surface area contributed by atoms with Gasteiger partial charge in [-0.25, -0.2) is 9.97 Å². The topological polar surface area (TPSA) is 75.3 Å². The summed E-state index contributed by atoms with van der Waals surface area (Å²) in [6.07, 6.45) is 6.41. The van der Waals surface area contributed by atoms with Gasteiger partial charge < -0.3 is 24.7 Å². The molecule has 2 saturated heterocycles. The SMILES string of the molecule is c1ccc2c(CCNc3cc(N4CCC5(CC4)OCCO5)ncn3)c[nH]c2c1. The van der Waals surface area contributed by atoms with Crippen LogP contribution in [0.15, 0.2) is 42.9 Å². The average molecular weight is 379 g/mol. The van der Waals surface area contributed by atoms with Crippen molar-refractivity contribution in [3.05, 3.63) is 48.4 Å². The molecule has 0 bridgehead atoms. The Morgan fingerprint density at radius 2 is 1.93 bits per heavy atom. The number of nitrogens with zero attached hydrogens (tertiary/aromatic N) is 3. The number of fused-ring (bicyclic) bond motifs is 1. The van der Waals surface area contributed by atoms with E-state index in [1.165, 1.54) is 16.5 Å². The predicted molar refractivity (Wildman–Crippen MR) is 109 cm³/mol. The van der Waals surface area contributed by atoms with Crippen molar-refractivity contribution in [1.29, 1.82) is 0 Å². The number of anilines is 2. The quantitative estimate of drug-likeness (QED) is 0.710. The molecule has 2 fully saturated rings. The highest BCUT2D eigenvalue weighted by atomic mass is 16.7. The maximum atomic E-state index is 5.81. The fraction of sp³-hybridized carbons (Fsp3) is 0.429. The van der Waals surface area contributed by atoms with Crippen LogP contribution in [0.2, 0.25) is 0 Å². The van der Waals surface area contributed by atoms with Gasteiger partial charge in [0.1, 0.15) is 18.0 Å². The van der Waals surface area contributed by atoms with E-state index in [4.69, 9.17) is 9.47 Å². The van der Waals surface area contributed by atoms with Crippen molar-refractivity contribution in [2.75, 3.05) is 43.1 Å². The standard InChI is InChI=1S/C21H25N5O2/c1-2-4-18-17(3-1)16(14-23-18)5-8-22-19-13-20(25-15-24-19)26-9-6-21(7-10-26)27-11-12-28-21/h1-4,13-15,23H,5-12H2,(H,22,24,25). The second kappa shape index (κ2) is 7.41. The van der Waals surface area contributed by atoms with Gasteiger partial charge in [0.2, 0.25) is 0 Å². The highest BCUT2D eigenvalue weighted by Crippen LogP contribution is 2.32. The zero-order valence-corrected chi connectivity index (χ0v) is 15.9. The zero-order chi connectivity index (χ0) is 18.8. The van der Waals surface area contributed by atoms with Crippen LogP contribution in [-0.4, -0.2) is 53.6 Å². The molecule has 7 nitrogen and oxygen atoms in total. The Kier molecular flexibility index (Phi) is 4.62. The summed E-state index contributed by atoms with van der Waals surface area (Å²) in [4.78, 5) is 14.5. The van der Waals surface area contributed by atoms with E-state index in [1.54, 1.807) is 6.33 Å². The Hall–Kier alpha value is -2.64. The van der Waals surface area contributed by atoms with Crippen LogP contribution in [0.3, 0.4) is 0 Å². The number of benzene rings is 1. The number of aromatic amines is 1. The van der Waals surface area contributed by atoms with Crippen molar-refractivity contribution >= 4 is 22.5 Å². The van der Waals surface area contributed by atoms with Crippen molar-refractivity contribution in [2.45, 2.75) is 25.0 Å². The molecule has 1 aromatic carbocycles. The maximum absolute atomic E-state index is 5.81. The number of ether oxygens (including phenoxy) is 2. The summed E-state index contributed by atoms with van der Waals surface area (Å²) in [5.74, 6) is 1.46. The van der Waals surface area contributed by atoms with Gasteiger partial charge in [0.05, 0.1) is 13.2 Å². The molecule has 0 unspecified atom stereocenters. The van der Waals surface area contributed by atoms with Crippen molar-refractivity contribution in [3.63, 3.8) is 0 Å². The molecule has 0 atom stereocenters. The molecule has 0 radical (unpaired) electrons. The first-order valence-corrected chi connectivity index (χ1v) is 9.95. The highest BCUT2D eigenvalue weighted by molar-refractivity contribution is 5.83. The van der Waals surface area contributed by atoms with Crippen LogP contribution in [0.5, 0.6) is 0 Å². The molecule has 28 heavy (non-hydrogen) atoms. The lowest BCUT2D eigenvalue weighted by atomic mass is 10.0. The third-order valence-electron chi connectivity index (χ3n) is 5.69. The van der Waals surface area contributed by atoms with E-state index < -0.39 is 0 Å². The number of aromatic nitrogens is 3. The molecular formula is C21H25N5O2. The van der Waals surface area contributed by atoms with E-state index in [1.807, 2.05) is 6.07 Å². The molecule has 4 heterocycles. The summed E-state index contributed by atoms with van der Waals surface area (Å²) in [7, 11) is 0. The molecule has 5 rings (SSSR count). The minimum Gasteiger partial charge on any atom is -0.370 e. The minimum atomic E-state index is -0.357. The van der Waals surface area contributed by atoms with Crippen molar-refractivity contribution in [1.82, 2.24) is 15.0 Å². The number of hydrogen-bond donors (Lipinski definition) is 2. The maximum Gasteiger partial charge on any atom is 0.171 e. The van der Waals surface area contributed by atoms with Crippen LogP contribution in [-0.2, 0) is 15.9 Å². The van der Waals surface area contributed by atoms with Gasteiger partial charge in [-0.15, -0.1) is 0 Å². The number of nitrogens with one attached hydrogen (secondary N) is 2. The Morgan fingerprint density at radius 3 is 2.79 bits per heavy atom. The summed E-state index contributed by atoms with van der Waals surface area (Å²) in [6, 6.07) is 10.4. The minimum absolute atomic E-state index is 0.357. The first kappa shape index (κ1) is 17.5. The van der Waals surface area contributed by atoms with Gasteiger partial charge in [0, 0.05) is 55.6 Å². The van der Waals surface area contributed by atoms with Crippen LogP contribution in [0.1, 0.15) is 18.4 Å². The molecule has 0 amide bonds. The highest BCUT2D eigenvalue weighted by Gasteiger charge is 2.40. The fourth-order valence-corrected chi connectivity index (χ4v) is 4.14. The third kappa shape index (κ3) is 3.43. The summed E-state index contributed by atoms with van der Waals surface area (Å²) in [5, 5.41) is 4.72. The van der Waals surface area contributed by atoms with Crippen molar-refractivity contribution < 1.29 is 9.47 Å². The summed E-state index contributed by atoms with van der Waals surface area (Å²) in [5.41, 5.74) is 2.50. The molecule has 2 N–H and O–H groups in total. The summed E-state index contributed by atoms with van der Waals surface area (Å²) >= 11 is 0. The van der Waals surface area contributed by atoms with Gasteiger partial charge >= 0.3 is 0 Å². The second-order valence-electron chi connectivity index (χ2n) is 7.39. The van der Waals surface area contributed by atoms with Crippen LogP contribution >= 0.6 is 0 Å². The second-order valence-corrected chi connectivity index (χ2v) is 7.39. The molecule has 0 saturated carbocycles. The Morgan fingerprint density at radius 1 is 1.11 bits per heavy atom. The molecule has 2 aromatic heterocycles. The third-order valence-corrected chi connectivity index (χ3v) is 5.69. The van der Waals surface area contributed by atoms with E-state index in [0.29, 0.717) is 13.2 Å². The van der Waals surface area contributed by atoms with E-state index in [-0.39, 0.29) is 5.79 Å². The first-order valence-electron chi connectivity index (χ1n) is 9.95. The smallest absolute Gasteiger partial charge is 0.171 e. The molecule has 0 aliphatic carbocycles. The van der Waals surface area contributed by atoms with Crippen LogP contribution in [0, 0.1) is 0 Å². The monoisotopic (exact) mass is 379 g/mol. The Labute approximate surface area is 164 Å². The predicted octanol–water partition coefficient (Wildman–Crippen LogP) is 2.96. The van der Waals surface area contributed by atoms with E-state index in [0.717, 1.165) is 50.5 Å². The molecule has 2 aliphatic heterocycles. The fourth-order valence-electron chi connectivity index (χ4n) is 4.14. The van der Waals surface area contributed by atoms with Gasteiger partial charge in [0.15, 0.2) is 5.79 Å². The van der Waals surface area contributed by atoms with Gasteiger partial charge in [-0.2, -0.15) is 0 Å². The first-order chi connectivity index (χ1) is 13.8. The average Bonchev–Trinajstić information content (AvgIpc) is 3.37. The molecule has 7 heteroatoms. The molecule has 1 spiro atoms. The van der Waals surface area contributed by atoms with Crippen LogP contribution in [0.25, 0.3) is 10.9 Å². The lowest BCUT2D eigenvalue weighted by Gasteiger charge is -2.38. The number of piperidine rings is 1. The molecule has 2 aliphatic rings. The van der Waals surface area contributed by atoms with Gasteiger partial charge in [-0.3, -0.25) is 0 Å². The zero-order valence-electron chi connectivity index (χ0n) is 15.9. The lowest BCUT2D eigenvalue weighted by Crippen LogP contribution is -2.45. The molecule has 146 valence electrons. The Balaban J connectivity index is 1.19. The van der Waals surface area contributed by atoms with Gasteiger partial charge in [0.25, 0.3) is 0 Å². The summed E-state index contributed by atoms with van der Waals surface area (Å²) < 4.78 is 11.6. The van der Waals surface area contributed by atoms with Gasteiger partial charge in [-0.05, 0) is 18.1 Å². The van der Waals surface area contributed by atoms with Gasteiger partial charge in [-0.1, -0.05) is 18.2 Å². The number of hydrogen-bond acceptors (Lipinski definition) is 6. The van der Waals surface area contributed by atoms with Crippen molar-refractivity contribution in [2.24, 2.45) is 0 Å². The van der Waals surface area contributed by atoms with E-state index in [9.17, 15) is 0 Å². The summed E-state index contributed by atoms with van der Waals surface area (Å²) in [6.45, 7) is 4.00. The van der Waals surface area contributed by atoms with Crippen LogP contribution < -0.4 is 10.2 Å². The molecule has 3 aromatic rings. The number of para-hydroxylation sites is 1. The van der Waals surface area contributed by atoms with E-state index >= 15 is 0 Å².